The van der Waals surface area contributed by atoms with E-state index in [2.05, 4.69) is 27.9 Å². The van der Waals surface area contributed by atoms with Gasteiger partial charge in [-0.25, -0.2) is 0 Å². The number of amides is 2. The Morgan fingerprint density at radius 2 is 1.72 bits per heavy atom. The maximum Gasteiger partial charge on any atom is 0.247 e. The zero-order chi connectivity index (χ0) is 29.7. The molecular formula is C35H47IN2O5. The largest absolute Gasteiger partial charge is 0.482 e. The Morgan fingerprint density at radius 1 is 1.00 bits per heavy atom. The lowest BCUT2D eigenvalue weighted by molar-refractivity contribution is -0.148. The molecule has 8 rings (SSSR count). The van der Waals surface area contributed by atoms with E-state index in [4.69, 9.17) is 4.74 Å². The van der Waals surface area contributed by atoms with Crippen LogP contribution in [0.2, 0.25) is 0 Å². The van der Waals surface area contributed by atoms with E-state index < -0.39 is 18.2 Å². The Kier molecular flexibility index (Phi) is 8.57. The van der Waals surface area contributed by atoms with Gasteiger partial charge in [0.25, 0.3) is 0 Å². The molecule has 234 valence electrons. The molecule has 0 radical (unpaired) electrons. The van der Waals surface area contributed by atoms with E-state index in [0.717, 1.165) is 33.7 Å². The number of carbonyl (C=O) groups is 2. The summed E-state index contributed by atoms with van der Waals surface area (Å²) >= 11 is 2.22. The van der Waals surface area contributed by atoms with Crippen LogP contribution in [0, 0.1) is 44.5 Å². The number of halogens is 1. The maximum atomic E-state index is 14.5. The molecule has 2 amide bonds. The average Bonchev–Trinajstić information content (AvgIpc) is 3.60. The van der Waals surface area contributed by atoms with Gasteiger partial charge in [-0.3, -0.25) is 9.59 Å². The molecule has 3 N–H and O–H groups in total. The molecule has 7 aliphatic rings. The fraction of sp³-hybridized carbons (Fsp3) is 0.714. The molecule has 6 bridgehead atoms. The summed E-state index contributed by atoms with van der Waals surface area (Å²) in [6.07, 6.45) is 13.4. The van der Waals surface area contributed by atoms with E-state index in [0.29, 0.717) is 42.5 Å². The SMILES string of the molecule is O=C(NCCO)C1=CC(Oc2ccccc2I)C(O)C(N(CC23CC4CC(CC(C4)C2)C3)C(=O)CC2CC3CCC2C3)C1. The minimum absolute atomic E-state index is 0.116. The number of para-hydroxylation sites is 1. The van der Waals surface area contributed by atoms with Gasteiger partial charge in [-0.05, 0) is 140 Å². The third-order valence-corrected chi connectivity index (χ3v) is 12.9. The van der Waals surface area contributed by atoms with E-state index in [1.807, 2.05) is 29.2 Å². The van der Waals surface area contributed by atoms with Crippen LogP contribution >= 0.6 is 22.6 Å². The molecule has 7 nitrogen and oxygen atoms in total. The van der Waals surface area contributed by atoms with Crippen LogP contribution in [-0.4, -0.2) is 64.9 Å². The molecule has 7 aliphatic carbocycles. The molecule has 0 aromatic heterocycles. The Morgan fingerprint density at radius 3 is 2.35 bits per heavy atom. The molecule has 1 aromatic carbocycles. The number of hydrogen-bond acceptors (Lipinski definition) is 5. The van der Waals surface area contributed by atoms with Crippen LogP contribution in [0.25, 0.3) is 0 Å². The Bertz CT molecular complexity index is 1220. The summed E-state index contributed by atoms with van der Waals surface area (Å²) < 4.78 is 7.33. The summed E-state index contributed by atoms with van der Waals surface area (Å²) in [5, 5.41) is 24.2. The quantitative estimate of drug-likeness (QED) is 0.296. The Hall–Kier alpha value is -1.65. The molecule has 6 unspecified atom stereocenters. The number of aliphatic hydroxyl groups is 2. The number of fused-ring (bicyclic) bond motifs is 2. The molecule has 6 fully saturated rings. The number of nitrogens with zero attached hydrogens (tertiary/aromatic N) is 1. The number of benzene rings is 1. The van der Waals surface area contributed by atoms with Gasteiger partial charge < -0.3 is 25.2 Å². The van der Waals surface area contributed by atoms with E-state index >= 15 is 0 Å². The number of aliphatic hydroxyl groups excluding tert-OH is 2. The first-order chi connectivity index (χ1) is 20.8. The Balaban J connectivity index is 1.20. The molecule has 0 aliphatic heterocycles. The van der Waals surface area contributed by atoms with Gasteiger partial charge in [0.15, 0.2) is 0 Å². The summed E-state index contributed by atoms with van der Waals surface area (Å²) in [5.74, 6) is 4.70. The van der Waals surface area contributed by atoms with Crippen molar-refractivity contribution in [1.29, 1.82) is 0 Å². The standard InChI is InChI=1S/C35H47IN2O5/c36-28-3-1-2-4-30(28)43-31-15-27(34(42)37-7-8-39)14-29(33(31)41)38(32(40)16-26-13-21-5-6-25(26)12-21)20-35-17-22-9-23(18-35)11-24(10-22)19-35/h1-4,15,21-26,29,31,33,39,41H,5-14,16-20H2,(H,37,42). The zero-order valence-corrected chi connectivity index (χ0v) is 27.3. The summed E-state index contributed by atoms with van der Waals surface area (Å²) in [7, 11) is 0. The fourth-order valence-corrected chi connectivity index (χ4v) is 11.2. The average molecular weight is 703 g/mol. The fourth-order valence-electron chi connectivity index (χ4n) is 10.7. The number of nitrogens with one attached hydrogen (secondary N) is 1. The highest BCUT2D eigenvalue weighted by Gasteiger charge is 2.53. The van der Waals surface area contributed by atoms with Crippen LogP contribution in [0.15, 0.2) is 35.9 Å². The predicted octanol–water partition coefficient (Wildman–Crippen LogP) is 5.08. The van der Waals surface area contributed by atoms with E-state index in [1.165, 1.54) is 57.8 Å². The zero-order valence-electron chi connectivity index (χ0n) is 25.1. The highest BCUT2D eigenvalue weighted by Crippen LogP contribution is 2.60. The van der Waals surface area contributed by atoms with Crippen LogP contribution in [0.5, 0.6) is 5.75 Å². The van der Waals surface area contributed by atoms with Gasteiger partial charge in [-0.15, -0.1) is 0 Å². The third-order valence-electron chi connectivity index (χ3n) is 12.0. The first-order valence-electron chi connectivity index (χ1n) is 16.8. The second kappa shape index (κ2) is 12.3. The minimum atomic E-state index is -0.955. The third kappa shape index (κ3) is 6.14. The summed E-state index contributed by atoms with van der Waals surface area (Å²) in [6, 6.07) is 7.15. The minimum Gasteiger partial charge on any atom is -0.482 e. The summed E-state index contributed by atoms with van der Waals surface area (Å²) in [6.45, 7) is 0.693. The van der Waals surface area contributed by atoms with Crippen molar-refractivity contribution in [1.82, 2.24) is 10.2 Å². The van der Waals surface area contributed by atoms with Gasteiger partial charge in [0.1, 0.15) is 18.0 Å². The number of carbonyl (C=O) groups excluding carboxylic acids is 2. The van der Waals surface area contributed by atoms with Crippen LogP contribution in [-0.2, 0) is 9.59 Å². The molecule has 6 saturated carbocycles. The van der Waals surface area contributed by atoms with E-state index in [9.17, 15) is 19.8 Å². The van der Waals surface area contributed by atoms with Gasteiger partial charge in [-0.2, -0.15) is 0 Å². The number of rotatable bonds is 10. The predicted molar refractivity (Wildman–Crippen MR) is 172 cm³/mol. The van der Waals surface area contributed by atoms with Gasteiger partial charge in [-0.1, -0.05) is 18.6 Å². The number of ether oxygens (including phenoxy) is 1. The second-order valence-corrected chi connectivity index (χ2v) is 16.2. The molecular weight excluding hydrogens is 655 g/mol. The van der Waals surface area contributed by atoms with Gasteiger partial charge >= 0.3 is 0 Å². The van der Waals surface area contributed by atoms with Crippen molar-refractivity contribution in [3.8, 4) is 5.75 Å². The Labute approximate surface area is 269 Å². The topological polar surface area (TPSA) is 99.1 Å². The molecule has 8 heteroatoms. The van der Waals surface area contributed by atoms with Crippen molar-refractivity contribution in [3.63, 3.8) is 0 Å². The van der Waals surface area contributed by atoms with Gasteiger partial charge in [0, 0.05) is 31.5 Å². The maximum absolute atomic E-state index is 14.5. The van der Waals surface area contributed by atoms with Crippen LogP contribution in [0.4, 0.5) is 0 Å². The highest BCUT2D eigenvalue weighted by atomic mass is 127. The normalized spacial score (nSPS) is 39.0. The lowest BCUT2D eigenvalue weighted by Gasteiger charge is -2.58. The van der Waals surface area contributed by atoms with Crippen molar-refractivity contribution in [2.45, 2.75) is 95.3 Å². The van der Waals surface area contributed by atoms with E-state index in [-0.39, 0.29) is 30.4 Å². The summed E-state index contributed by atoms with van der Waals surface area (Å²) in [4.78, 5) is 29.9. The molecule has 6 atom stereocenters. The van der Waals surface area contributed by atoms with Crippen LogP contribution < -0.4 is 10.1 Å². The van der Waals surface area contributed by atoms with Crippen molar-refractivity contribution in [3.05, 3.63) is 39.5 Å². The van der Waals surface area contributed by atoms with Gasteiger partial charge in [0.05, 0.1) is 16.2 Å². The molecule has 1 aromatic rings. The first-order valence-corrected chi connectivity index (χ1v) is 17.9. The van der Waals surface area contributed by atoms with Crippen molar-refractivity contribution < 1.29 is 24.5 Å². The molecule has 0 saturated heterocycles. The van der Waals surface area contributed by atoms with E-state index in [1.54, 1.807) is 6.08 Å². The second-order valence-electron chi connectivity index (χ2n) is 15.0. The first kappa shape index (κ1) is 30.0. The van der Waals surface area contributed by atoms with Crippen LogP contribution in [0.3, 0.4) is 0 Å². The molecule has 43 heavy (non-hydrogen) atoms. The van der Waals surface area contributed by atoms with Crippen molar-refractivity contribution >= 4 is 34.4 Å². The lowest BCUT2D eigenvalue weighted by Crippen LogP contribution is -2.59. The lowest BCUT2D eigenvalue weighted by atomic mass is 9.49. The monoisotopic (exact) mass is 702 g/mol. The smallest absolute Gasteiger partial charge is 0.247 e. The van der Waals surface area contributed by atoms with Crippen LogP contribution in [0.1, 0.15) is 77.0 Å². The van der Waals surface area contributed by atoms with Crippen molar-refractivity contribution in [2.75, 3.05) is 19.7 Å². The van der Waals surface area contributed by atoms with Gasteiger partial charge in [0.2, 0.25) is 11.8 Å². The molecule has 0 spiro atoms. The van der Waals surface area contributed by atoms with Crippen molar-refractivity contribution in [2.24, 2.45) is 40.9 Å². The highest BCUT2D eigenvalue weighted by molar-refractivity contribution is 14.1. The molecule has 0 heterocycles. The number of hydrogen-bond donors (Lipinski definition) is 3. The summed E-state index contributed by atoms with van der Waals surface area (Å²) in [5.41, 5.74) is 0.632.